The van der Waals surface area contributed by atoms with Crippen molar-refractivity contribution in [1.29, 1.82) is 0 Å². The fraction of sp³-hybridized carbons (Fsp3) is 0.400. The molecule has 14 heavy (non-hydrogen) atoms. The van der Waals surface area contributed by atoms with Crippen LogP contribution in [0.1, 0.15) is 22.8 Å². The normalized spacial score (nSPS) is 29.7. The Morgan fingerprint density at radius 1 is 1.36 bits per heavy atom. The maximum absolute atomic E-state index is 11.5. The van der Waals surface area contributed by atoms with E-state index in [1.165, 1.54) is 4.88 Å². The second-order valence-corrected chi connectivity index (χ2v) is 4.84. The highest BCUT2D eigenvalue weighted by atomic mass is 32.1. The number of carbonyl (C=O) groups excluding carboxylic acids is 2. The number of thiophene rings is 1. The molecule has 1 N–H and O–H groups in total. The van der Waals surface area contributed by atoms with Crippen molar-refractivity contribution in [2.75, 3.05) is 0 Å². The van der Waals surface area contributed by atoms with Gasteiger partial charge in [-0.15, -0.1) is 11.3 Å². The van der Waals surface area contributed by atoms with Crippen LogP contribution in [0.5, 0.6) is 0 Å². The molecule has 0 radical (unpaired) electrons. The van der Waals surface area contributed by atoms with Gasteiger partial charge in [0, 0.05) is 10.8 Å². The Morgan fingerprint density at radius 3 is 3.07 bits per heavy atom. The number of carbonyl (C=O) groups is 2. The minimum absolute atomic E-state index is 0.0175. The smallest absolute Gasteiger partial charge is 0.234 e. The van der Waals surface area contributed by atoms with Crippen molar-refractivity contribution in [1.82, 2.24) is 5.32 Å². The summed E-state index contributed by atoms with van der Waals surface area (Å²) in [5.41, 5.74) is 1.14. The first-order valence-electron chi connectivity index (χ1n) is 4.66. The monoisotopic (exact) mass is 207 g/mol. The summed E-state index contributed by atoms with van der Waals surface area (Å²) >= 11 is 1.65. The lowest BCUT2D eigenvalue weighted by Gasteiger charge is -2.32. The van der Waals surface area contributed by atoms with Crippen molar-refractivity contribution in [3.05, 3.63) is 21.9 Å². The van der Waals surface area contributed by atoms with E-state index in [0.29, 0.717) is 6.42 Å². The predicted molar refractivity (Wildman–Crippen MR) is 52.0 cm³/mol. The predicted octanol–water partition coefficient (Wildman–Crippen LogP) is 1.05. The SMILES string of the molecule is O=C1NC(=O)C2CC1Cc1sccc12. The molecule has 2 bridgehead atoms. The van der Waals surface area contributed by atoms with E-state index < -0.39 is 0 Å². The van der Waals surface area contributed by atoms with Crippen molar-refractivity contribution in [3.63, 3.8) is 0 Å². The van der Waals surface area contributed by atoms with E-state index in [1.807, 2.05) is 11.4 Å². The number of piperidine rings is 1. The lowest BCUT2D eigenvalue weighted by atomic mass is 9.77. The fourth-order valence-corrected chi connectivity index (χ4v) is 3.33. The number of hydrogen-bond acceptors (Lipinski definition) is 3. The van der Waals surface area contributed by atoms with Crippen LogP contribution in [-0.4, -0.2) is 11.8 Å². The average molecular weight is 207 g/mol. The van der Waals surface area contributed by atoms with Crippen molar-refractivity contribution in [3.8, 4) is 0 Å². The maximum atomic E-state index is 11.5. The van der Waals surface area contributed by atoms with Crippen molar-refractivity contribution < 1.29 is 9.59 Å². The number of hydrogen-bond donors (Lipinski definition) is 1. The summed E-state index contributed by atoms with van der Waals surface area (Å²) in [7, 11) is 0. The van der Waals surface area contributed by atoms with Gasteiger partial charge >= 0.3 is 0 Å². The van der Waals surface area contributed by atoms with E-state index in [0.717, 1.165) is 12.0 Å². The molecular weight excluding hydrogens is 198 g/mol. The van der Waals surface area contributed by atoms with Gasteiger partial charge in [0.05, 0.1) is 5.92 Å². The Morgan fingerprint density at radius 2 is 2.21 bits per heavy atom. The quantitative estimate of drug-likeness (QED) is 0.646. The van der Waals surface area contributed by atoms with Crippen LogP contribution < -0.4 is 5.32 Å². The Hall–Kier alpha value is -1.16. The highest BCUT2D eigenvalue weighted by molar-refractivity contribution is 7.10. The van der Waals surface area contributed by atoms with Gasteiger partial charge in [-0.3, -0.25) is 14.9 Å². The highest BCUT2D eigenvalue weighted by Gasteiger charge is 2.40. The fourth-order valence-electron chi connectivity index (χ4n) is 2.30. The summed E-state index contributed by atoms with van der Waals surface area (Å²) in [6.07, 6.45) is 1.51. The van der Waals surface area contributed by atoms with Crippen molar-refractivity contribution in [2.45, 2.75) is 18.8 Å². The Labute approximate surface area is 85.1 Å². The molecule has 0 saturated carbocycles. The minimum Gasteiger partial charge on any atom is -0.296 e. The minimum atomic E-state index is -0.120. The van der Waals surface area contributed by atoms with Crippen LogP contribution in [0, 0.1) is 5.92 Å². The third-order valence-corrected chi connectivity index (χ3v) is 4.00. The van der Waals surface area contributed by atoms with E-state index in [9.17, 15) is 9.59 Å². The summed E-state index contributed by atoms with van der Waals surface area (Å²) < 4.78 is 0. The Bertz CT molecular complexity index is 424. The van der Waals surface area contributed by atoms with Gasteiger partial charge in [-0.2, -0.15) is 0 Å². The molecular formula is C10H9NO2S. The molecule has 2 heterocycles. The van der Waals surface area contributed by atoms with Crippen LogP contribution >= 0.6 is 11.3 Å². The molecule has 2 atom stereocenters. The van der Waals surface area contributed by atoms with Gasteiger partial charge < -0.3 is 0 Å². The van der Waals surface area contributed by atoms with E-state index >= 15 is 0 Å². The highest BCUT2D eigenvalue weighted by Crippen LogP contribution is 2.40. The zero-order chi connectivity index (χ0) is 9.71. The van der Waals surface area contributed by atoms with Crippen LogP contribution in [0.2, 0.25) is 0 Å². The van der Waals surface area contributed by atoms with Crippen molar-refractivity contribution in [2.24, 2.45) is 5.92 Å². The van der Waals surface area contributed by atoms with Gasteiger partial charge in [0.15, 0.2) is 0 Å². The number of imide groups is 1. The van der Waals surface area contributed by atoms with Gasteiger partial charge in [0.1, 0.15) is 0 Å². The van der Waals surface area contributed by atoms with E-state index in [2.05, 4.69) is 5.32 Å². The first-order valence-corrected chi connectivity index (χ1v) is 5.54. The lowest BCUT2D eigenvalue weighted by molar-refractivity contribution is -0.138. The van der Waals surface area contributed by atoms with Gasteiger partial charge in [-0.25, -0.2) is 0 Å². The molecule has 4 heteroatoms. The second-order valence-electron chi connectivity index (χ2n) is 3.84. The maximum Gasteiger partial charge on any atom is 0.234 e. The summed E-state index contributed by atoms with van der Waals surface area (Å²) in [5.74, 6) is -0.271. The first-order chi connectivity index (χ1) is 6.75. The molecule has 0 spiro atoms. The molecule has 3 rings (SSSR count). The summed E-state index contributed by atoms with van der Waals surface area (Å²) in [5, 5.41) is 4.44. The zero-order valence-electron chi connectivity index (χ0n) is 7.45. The molecule has 2 unspecified atom stereocenters. The largest absolute Gasteiger partial charge is 0.296 e. The van der Waals surface area contributed by atoms with Crippen LogP contribution in [0.15, 0.2) is 11.4 Å². The van der Waals surface area contributed by atoms with Crippen LogP contribution in [-0.2, 0) is 16.0 Å². The third-order valence-electron chi connectivity index (χ3n) is 3.04. The molecule has 1 saturated heterocycles. The van der Waals surface area contributed by atoms with Gasteiger partial charge in [0.2, 0.25) is 11.8 Å². The number of rotatable bonds is 0. The molecule has 1 aliphatic heterocycles. The lowest BCUT2D eigenvalue weighted by Crippen LogP contribution is -2.47. The third kappa shape index (κ3) is 0.973. The zero-order valence-corrected chi connectivity index (χ0v) is 8.26. The summed E-state index contributed by atoms with van der Waals surface area (Å²) in [6, 6.07) is 2.01. The molecule has 2 amide bonds. The van der Waals surface area contributed by atoms with Crippen LogP contribution in [0.4, 0.5) is 0 Å². The summed E-state index contributed by atoms with van der Waals surface area (Å²) in [6.45, 7) is 0. The molecule has 1 aliphatic carbocycles. The van der Waals surface area contributed by atoms with E-state index in [1.54, 1.807) is 11.3 Å². The summed E-state index contributed by atoms with van der Waals surface area (Å²) in [4.78, 5) is 24.2. The molecule has 3 nitrogen and oxygen atoms in total. The van der Waals surface area contributed by atoms with Gasteiger partial charge in [-0.05, 0) is 29.9 Å². The molecule has 1 aromatic heterocycles. The second kappa shape index (κ2) is 2.67. The Balaban J connectivity index is 2.11. The molecule has 1 aromatic rings. The number of amides is 2. The molecule has 2 aliphatic rings. The standard InChI is InChI=1S/C10H9NO2S/c12-9-5-3-7(10(13)11-9)6-1-2-14-8(6)4-5/h1-2,5,7H,3-4H2,(H,11,12,13). The average Bonchev–Trinajstić information content (AvgIpc) is 2.61. The van der Waals surface area contributed by atoms with Gasteiger partial charge in [0.25, 0.3) is 0 Å². The van der Waals surface area contributed by atoms with E-state index in [4.69, 9.17) is 0 Å². The molecule has 72 valence electrons. The molecule has 1 fully saturated rings. The number of fused-ring (bicyclic) bond motifs is 4. The van der Waals surface area contributed by atoms with E-state index in [-0.39, 0.29) is 23.7 Å². The Kier molecular flexibility index (Phi) is 1.56. The first kappa shape index (κ1) is 8.17. The number of nitrogens with one attached hydrogen (secondary N) is 1. The topological polar surface area (TPSA) is 46.2 Å². The molecule has 0 aromatic carbocycles. The van der Waals surface area contributed by atoms with Crippen molar-refractivity contribution >= 4 is 23.2 Å². The van der Waals surface area contributed by atoms with Crippen LogP contribution in [0.25, 0.3) is 0 Å². The van der Waals surface area contributed by atoms with Crippen LogP contribution in [0.3, 0.4) is 0 Å². The van der Waals surface area contributed by atoms with Gasteiger partial charge in [-0.1, -0.05) is 0 Å².